The number of Topliss-reactive ketones (excluding diaryl/α,β-unsaturated/α-hetero) is 1. The summed E-state index contributed by atoms with van der Waals surface area (Å²) in [5.41, 5.74) is 3.16. The van der Waals surface area contributed by atoms with E-state index in [0.717, 1.165) is 18.7 Å². The molecule has 0 aliphatic heterocycles. The van der Waals surface area contributed by atoms with Crippen molar-refractivity contribution in [3.05, 3.63) is 64.7 Å². The number of halogens is 1. The van der Waals surface area contributed by atoms with Crippen LogP contribution < -0.4 is 4.90 Å². The van der Waals surface area contributed by atoms with Crippen LogP contribution >= 0.6 is 11.6 Å². The van der Waals surface area contributed by atoms with Gasteiger partial charge < -0.3 is 4.90 Å². The van der Waals surface area contributed by atoms with Gasteiger partial charge in [0.05, 0.1) is 0 Å². The Bertz CT molecular complexity index is 607. The Labute approximate surface area is 131 Å². The van der Waals surface area contributed by atoms with E-state index in [-0.39, 0.29) is 5.78 Å². The van der Waals surface area contributed by atoms with Crippen LogP contribution in [-0.2, 0) is 0 Å². The summed E-state index contributed by atoms with van der Waals surface area (Å²) in [7, 11) is 0. The highest BCUT2D eigenvalue weighted by Gasteiger charge is 2.11. The number of benzene rings is 2. The minimum Gasteiger partial charge on any atom is -0.371 e. The summed E-state index contributed by atoms with van der Waals surface area (Å²) in [6.07, 6.45) is 0.504. The van der Waals surface area contributed by atoms with E-state index in [4.69, 9.17) is 11.6 Å². The number of carbonyl (C=O) groups is 1. The minimum atomic E-state index is 0.152. The Kier molecular flexibility index (Phi) is 5.40. The van der Waals surface area contributed by atoms with Crippen LogP contribution in [0.15, 0.2) is 48.5 Å². The first kappa shape index (κ1) is 15.6. The van der Waals surface area contributed by atoms with Crippen LogP contribution in [0, 0.1) is 6.92 Å². The standard InChI is InChI=1S/C18H20ClNO/c1-3-20(17-7-5-4-6-14(17)2)13-12-18(21)15-8-10-16(19)11-9-15/h4-11H,3,12-13H2,1-2H3. The average Bonchev–Trinajstić information content (AvgIpc) is 2.50. The molecule has 0 aliphatic rings. The number of anilines is 1. The van der Waals surface area contributed by atoms with Crippen LogP contribution in [0.4, 0.5) is 5.69 Å². The summed E-state index contributed by atoms with van der Waals surface area (Å²) in [5.74, 6) is 0.152. The van der Waals surface area contributed by atoms with Gasteiger partial charge in [0.15, 0.2) is 5.78 Å². The molecule has 0 aliphatic carbocycles. The number of aryl methyl sites for hydroxylation is 1. The zero-order valence-corrected chi connectivity index (χ0v) is 13.2. The molecular formula is C18H20ClNO. The van der Waals surface area contributed by atoms with Gasteiger partial charge in [-0.2, -0.15) is 0 Å². The van der Waals surface area contributed by atoms with Crippen molar-refractivity contribution in [1.29, 1.82) is 0 Å². The topological polar surface area (TPSA) is 20.3 Å². The van der Waals surface area contributed by atoms with Gasteiger partial charge in [-0.15, -0.1) is 0 Å². The quantitative estimate of drug-likeness (QED) is 0.718. The molecule has 0 amide bonds. The molecule has 0 bridgehead atoms. The number of ketones is 1. The zero-order valence-electron chi connectivity index (χ0n) is 12.5. The largest absolute Gasteiger partial charge is 0.371 e. The van der Waals surface area contributed by atoms with E-state index in [1.807, 2.05) is 12.1 Å². The molecule has 0 spiro atoms. The maximum Gasteiger partial charge on any atom is 0.164 e. The second kappa shape index (κ2) is 7.28. The second-order valence-corrected chi connectivity index (χ2v) is 5.48. The summed E-state index contributed by atoms with van der Waals surface area (Å²) in [6, 6.07) is 15.4. The lowest BCUT2D eigenvalue weighted by Gasteiger charge is -2.24. The molecule has 110 valence electrons. The Morgan fingerprint density at radius 3 is 2.38 bits per heavy atom. The highest BCUT2D eigenvalue weighted by molar-refractivity contribution is 6.30. The van der Waals surface area contributed by atoms with E-state index in [0.29, 0.717) is 11.4 Å². The summed E-state index contributed by atoms with van der Waals surface area (Å²) in [5, 5.41) is 0.654. The van der Waals surface area contributed by atoms with Crippen LogP contribution in [0.25, 0.3) is 0 Å². The second-order valence-electron chi connectivity index (χ2n) is 5.05. The predicted octanol–water partition coefficient (Wildman–Crippen LogP) is 4.75. The molecule has 2 nitrogen and oxygen atoms in total. The minimum absolute atomic E-state index is 0.152. The van der Waals surface area contributed by atoms with Crippen molar-refractivity contribution >= 4 is 23.1 Å². The Hall–Kier alpha value is -1.80. The molecule has 3 heteroatoms. The molecule has 0 heterocycles. The van der Waals surface area contributed by atoms with Gasteiger partial charge in [-0.1, -0.05) is 29.8 Å². The molecule has 2 aromatic rings. The first-order chi connectivity index (χ1) is 10.1. The van der Waals surface area contributed by atoms with Crippen LogP contribution in [0.2, 0.25) is 5.02 Å². The molecule has 0 atom stereocenters. The third kappa shape index (κ3) is 4.08. The highest BCUT2D eigenvalue weighted by atomic mass is 35.5. The maximum atomic E-state index is 12.2. The van der Waals surface area contributed by atoms with Crippen molar-refractivity contribution in [3.8, 4) is 0 Å². The van der Waals surface area contributed by atoms with Gasteiger partial charge in [-0.3, -0.25) is 4.79 Å². The van der Waals surface area contributed by atoms with Crippen LogP contribution in [0.1, 0.15) is 29.3 Å². The van der Waals surface area contributed by atoms with Gasteiger partial charge in [0.2, 0.25) is 0 Å². The molecule has 0 aromatic heterocycles. The van der Waals surface area contributed by atoms with Crippen LogP contribution in [0.5, 0.6) is 0 Å². The number of para-hydroxylation sites is 1. The predicted molar refractivity (Wildman–Crippen MR) is 89.5 cm³/mol. The highest BCUT2D eigenvalue weighted by Crippen LogP contribution is 2.20. The molecule has 0 saturated heterocycles. The molecule has 0 radical (unpaired) electrons. The maximum absolute atomic E-state index is 12.2. The van der Waals surface area contributed by atoms with Gasteiger partial charge >= 0.3 is 0 Å². The fourth-order valence-electron chi connectivity index (χ4n) is 2.38. The van der Waals surface area contributed by atoms with Crippen LogP contribution in [0.3, 0.4) is 0 Å². The van der Waals surface area contributed by atoms with Gasteiger partial charge in [0.1, 0.15) is 0 Å². The lowest BCUT2D eigenvalue weighted by Crippen LogP contribution is -2.26. The molecule has 0 fully saturated rings. The number of hydrogen-bond donors (Lipinski definition) is 0. The summed E-state index contributed by atoms with van der Waals surface area (Å²) in [4.78, 5) is 14.5. The monoisotopic (exact) mass is 301 g/mol. The van der Waals surface area contributed by atoms with E-state index in [2.05, 4.69) is 30.9 Å². The molecule has 0 saturated carbocycles. The number of hydrogen-bond acceptors (Lipinski definition) is 2. The fraction of sp³-hybridized carbons (Fsp3) is 0.278. The Morgan fingerprint density at radius 2 is 1.76 bits per heavy atom. The van der Waals surface area contributed by atoms with Gasteiger partial charge in [0.25, 0.3) is 0 Å². The Morgan fingerprint density at radius 1 is 1.10 bits per heavy atom. The number of carbonyl (C=O) groups excluding carboxylic acids is 1. The van der Waals surface area contributed by atoms with Crippen molar-refractivity contribution in [2.75, 3.05) is 18.0 Å². The lowest BCUT2D eigenvalue weighted by atomic mass is 10.1. The first-order valence-corrected chi connectivity index (χ1v) is 7.59. The first-order valence-electron chi connectivity index (χ1n) is 7.21. The average molecular weight is 302 g/mol. The summed E-state index contributed by atoms with van der Waals surface area (Å²) >= 11 is 5.84. The molecule has 21 heavy (non-hydrogen) atoms. The number of nitrogens with zero attached hydrogens (tertiary/aromatic N) is 1. The van der Waals surface area contributed by atoms with E-state index in [1.54, 1.807) is 24.3 Å². The van der Waals surface area contributed by atoms with Gasteiger partial charge in [0, 0.05) is 35.8 Å². The summed E-state index contributed by atoms with van der Waals surface area (Å²) < 4.78 is 0. The SMILES string of the molecule is CCN(CCC(=O)c1ccc(Cl)cc1)c1ccccc1C. The third-order valence-electron chi connectivity index (χ3n) is 3.61. The molecule has 2 rings (SSSR count). The van der Waals surface area contributed by atoms with Crippen molar-refractivity contribution in [2.24, 2.45) is 0 Å². The van der Waals surface area contributed by atoms with E-state index in [9.17, 15) is 4.79 Å². The fourth-order valence-corrected chi connectivity index (χ4v) is 2.51. The van der Waals surface area contributed by atoms with Gasteiger partial charge in [-0.05, 0) is 49.7 Å². The summed E-state index contributed by atoms with van der Waals surface area (Å²) in [6.45, 7) is 5.82. The van der Waals surface area contributed by atoms with Crippen molar-refractivity contribution < 1.29 is 4.79 Å². The smallest absolute Gasteiger partial charge is 0.164 e. The third-order valence-corrected chi connectivity index (χ3v) is 3.86. The van der Waals surface area contributed by atoms with E-state index >= 15 is 0 Å². The van der Waals surface area contributed by atoms with Crippen LogP contribution in [-0.4, -0.2) is 18.9 Å². The lowest BCUT2D eigenvalue weighted by molar-refractivity contribution is 0.0984. The molecule has 0 N–H and O–H groups in total. The van der Waals surface area contributed by atoms with E-state index in [1.165, 1.54) is 11.3 Å². The normalized spacial score (nSPS) is 10.4. The van der Waals surface area contributed by atoms with Crippen molar-refractivity contribution in [3.63, 3.8) is 0 Å². The Balaban J connectivity index is 2.02. The zero-order chi connectivity index (χ0) is 15.2. The molecule has 2 aromatic carbocycles. The molecular weight excluding hydrogens is 282 g/mol. The molecule has 0 unspecified atom stereocenters. The van der Waals surface area contributed by atoms with E-state index < -0.39 is 0 Å². The van der Waals surface area contributed by atoms with Crippen molar-refractivity contribution in [1.82, 2.24) is 0 Å². The van der Waals surface area contributed by atoms with Crippen molar-refractivity contribution in [2.45, 2.75) is 20.3 Å². The van der Waals surface area contributed by atoms with Gasteiger partial charge in [-0.25, -0.2) is 0 Å². The number of rotatable bonds is 6.